The lowest BCUT2D eigenvalue weighted by atomic mass is 10.2. The van der Waals surface area contributed by atoms with Gasteiger partial charge in [0, 0.05) is 10.6 Å². The van der Waals surface area contributed by atoms with Crippen molar-refractivity contribution >= 4 is 49.1 Å². The summed E-state index contributed by atoms with van der Waals surface area (Å²) < 4.78 is 25.3. The van der Waals surface area contributed by atoms with Crippen molar-refractivity contribution < 1.29 is 13.2 Å². The number of primary sulfonamides is 1. The summed E-state index contributed by atoms with van der Waals surface area (Å²) >= 11 is 7.05. The number of halogens is 1. The number of benzene rings is 2. The smallest absolute Gasteiger partial charge is 0.279 e. The number of amides is 1. The van der Waals surface area contributed by atoms with Crippen LogP contribution in [0.2, 0.25) is 5.02 Å². The van der Waals surface area contributed by atoms with Crippen molar-refractivity contribution in [1.82, 2.24) is 4.57 Å². The number of carbonyl (C=O) groups excluding carboxylic acids is 1. The molecule has 0 aliphatic carbocycles. The number of aromatic nitrogens is 1. The van der Waals surface area contributed by atoms with E-state index in [2.05, 4.69) is 10.9 Å². The van der Waals surface area contributed by atoms with Gasteiger partial charge in [-0.2, -0.15) is 4.99 Å². The quantitative estimate of drug-likeness (QED) is 0.677. The van der Waals surface area contributed by atoms with Gasteiger partial charge < -0.3 is 4.57 Å². The van der Waals surface area contributed by atoms with Gasteiger partial charge in [0.05, 0.1) is 21.7 Å². The number of rotatable bonds is 3. The number of carbonyl (C=O) groups is 1. The lowest BCUT2D eigenvalue weighted by Gasteiger charge is -2.01. The molecule has 0 unspecified atom stereocenters. The highest BCUT2D eigenvalue weighted by Gasteiger charge is 2.13. The van der Waals surface area contributed by atoms with Crippen molar-refractivity contribution in [3.05, 3.63) is 57.9 Å². The van der Waals surface area contributed by atoms with Gasteiger partial charge in [0.1, 0.15) is 0 Å². The lowest BCUT2D eigenvalue weighted by molar-refractivity contribution is 0.0998. The summed E-state index contributed by atoms with van der Waals surface area (Å²) in [5.41, 5.74) is 1.01. The van der Waals surface area contributed by atoms with Crippen molar-refractivity contribution in [3.63, 3.8) is 0 Å². The van der Waals surface area contributed by atoms with Crippen molar-refractivity contribution in [2.45, 2.75) is 11.4 Å². The first kappa shape index (κ1) is 18.4. The fourth-order valence-corrected chi connectivity index (χ4v) is 4.20. The number of sulfonamides is 1. The van der Waals surface area contributed by atoms with Gasteiger partial charge in [0.25, 0.3) is 5.91 Å². The molecule has 1 amide bonds. The second-order valence-electron chi connectivity index (χ2n) is 5.28. The zero-order chi connectivity index (χ0) is 18.9. The molecule has 0 aliphatic rings. The molecule has 132 valence electrons. The third-order valence-corrected chi connectivity index (χ3v) is 5.69. The minimum atomic E-state index is -3.84. The van der Waals surface area contributed by atoms with Gasteiger partial charge in [-0.3, -0.25) is 4.79 Å². The van der Waals surface area contributed by atoms with Crippen LogP contribution in [0.15, 0.2) is 52.4 Å². The minimum absolute atomic E-state index is 0.0215. The predicted octanol–water partition coefficient (Wildman–Crippen LogP) is 2.38. The summed E-state index contributed by atoms with van der Waals surface area (Å²) in [5, 5.41) is 5.60. The second kappa shape index (κ2) is 7.05. The first-order valence-electron chi connectivity index (χ1n) is 7.24. The summed E-state index contributed by atoms with van der Waals surface area (Å²) in [6.45, 7) is 0.177. The molecule has 0 aliphatic heterocycles. The Morgan fingerprint density at radius 3 is 2.73 bits per heavy atom. The molecular weight excluding hydrogens is 394 g/mol. The molecule has 26 heavy (non-hydrogen) atoms. The first-order chi connectivity index (χ1) is 12.3. The molecule has 2 aromatic carbocycles. The molecule has 0 radical (unpaired) electrons. The summed E-state index contributed by atoms with van der Waals surface area (Å²) in [4.78, 5) is 16.9. The number of hydrogen-bond acceptors (Lipinski definition) is 4. The molecule has 0 saturated heterocycles. The van der Waals surface area contributed by atoms with Crippen molar-refractivity contribution in [1.29, 1.82) is 0 Å². The Bertz CT molecular complexity index is 1230. The van der Waals surface area contributed by atoms with E-state index in [9.17, 15) is 13.2 Å². The molecule has 9 heteroatoms. The number of nitrogens with zero attached hydrogens (tertiary/aromatic N) is 2. The maximum atomic E-state index is 12.4. The fourth-order valence-electron chi connectivity index (χ4n) is 2.33. The Labute approximate surface area is 158 Å². The molecule has 0 spiro atoms. The second-order valence-corrected chi connectivity index (χ2v) is 8.28. The summed E-state index contributed by atoms with van der Waals surface area (Å²) in [6.07, 6.45) is 5.41. The van der Waals surface area contributed by atoms with Crippen LogP contribution in [0.4, 0.5) is 0 Å². The maximum absolute atomic E-state index is 12.4. The number of thiazole rings is 1. The summed E-state index contributed by atoms with van der Waals surface area (Å²) in [5.74, 6) is 2.03. The van der Waals surface area contributed by atoms with Crippen LogP contribution in [0.25, 0.3) is 10.2 Å². The number of terminal acetylenes is 1. The molecule has 1 heterocycles. The average molecular weight is 406 g/mol. The molecule has 2 N–H and O–H groups in total. The zero-order valence-electron chi connectivity index (χ0n) is 13.2. The van der Waals surface area contributed by atoms with E-state index in [1.165, 1.54) is 18.2 Å². The highest BCUT2D eigenvalue weighted by atomic mass is 35.5. The SMILES string of the molecule is C#CCn1c(=NC(=O)c2cccc(Cl)c2)sc2cc(S(N)(=O)=O)ccc21. The molecular formula is C17H12ClN3O3S2. The van der Waals surface area contributed by atoms with Crippen molar-refractivity contribution in [3.8, 4) is 12.3 Å². The topological polar surface area (TPSA) is 94.5 Å². The van der Waals surface area contributed by atoms with Gasteiger partial charge in [-0.15, -0.1) is 6.42 Å². The standard InChI is InChI=1S/C17H12ClN3O3S2/c1-2-8-21-14-7-6-13(26(19,23)24)10-15(14)25-17(21)20-16(22)11-4-3-5-12(18)9-11/h1,3-7,9-10H,8H2,(H2,19,23,24). The summed E-state index contributed by atoms with van der Waals surface area (Å²) in [6, 6.07) is 10.9. The Kier molecular flexibility index (Phi) is 4.98. The minimum Gasteiger partial charge on any atom is -0.305 e. The Morgan fingerprint density at radius 1 is 1.31 bits per heavy atom. The molecule has 3 rings (SSSR count). The van der Waals surface area contributed by atoms with Crippen molar-refractivity contribution in [2.24, 2.45) is 10.1 Å². The molecule has 0 fully saturated rings. The third-order valence-electron chi connectivity index (χ3n) is 3.50. The van der Waals surface area contributed by atoms with Gasteiger partial charge in [0.2, 0.25) is 10.0 Å². The molecule has 0 bridgehead atoms. The van der Waals surface area contributed by atoms with Crippen LogP contribution in [0.1, 0.15) is 10.4 Å². The van der Waals surface area contributed by atoms with Gasteiger partial charge >= 0.3 is 0 Å². The third kappa shape index (κ3) is 3.71. The average Bonchev–Trinajstić information content (AvgIpc) is 2.91. The predicted molar refractivity (Wildman–Crippen MR) is 101 cm³/mol. The van der Waals surface area contributed by atoms with Gasteiger partial charge in [0.15, 0.2) is 4.80 Å². The zero-order valence-corrected chi connectivity index (χ0v) is 15.6. The monoisotopic (exact) mass is 405 g/mol. The van der Waals surface area contributed by atoms with E-state index < -0.39 is 15.9 Å². The largest absolute Gasteiger partial charge is 0.305 e. The number of hydrogen-bond donors (Lipinski definition) is 1. The Balaban J connectivity index is 2.19. The Morgan fingerprint density at radius 2 is 2.08 bits per heavy atom. The lowest BCUT2D eigenvalue weighted by Crippen LogP contribution is -2.16. The van der Waals surface area contributed by atoms with Crippen LogP contribution in [-0.2, 0) is 16.6 Å². The van der Waals surface area contributed by atoms with Gasteiger partial charge in [-0.25, -0.2) is 13.6 Å². The van der Waals surface area contributed by atoms with Crippen LogP contribution in [0, 0.1) is 12.3 Å². The van der Waals surface area contributed by atoms with E-state index in [0.717, 1.165) is 11.3 Å². The molecule has 6 nitrogen and oxygen atoms in total. The van der Waals surface area contributed by atoms with E-state index in [1.54, 1.807) is 28.8 Å². The normalized spacial score (nSPS) is 12.3. The number of nitrogens with two attached hydrogens (primary N) is 1. The van der Waals surface area contributed by atoms with Crippen LogP contribution >= 0.6 is 22.9 Å². The maximum Gasteiger partial charge on any atom is 0.279 e. The van der Waals surface area contributed by atoms with Gasteiger partial charge in [-0.05, 0) is 36.4 Å². The van der Waals surface area contributed by atoms with E-state index in [0.29, 0.717) is 25.6 Å². The van der Waals surface area contributed by atoms with Crippen LogP contribution < -0.4 is 9.94 Å². The van der Waals surface area contributed by atoms with E-state index in [-0.39, 0.29) is 11.4 Å². The number of fused-ring (bicyclic) bond motifs is 1. The Hall–Kier alpha value is -2.44. The van der Waals surface area contributed by atoms with E-state index in [1.807, 2.05) is 0 Å². The van der Waals surface area contributed by atoms with Gasteiger partial charge in [-0.1, -0.05) is 34.9 Å². The van der Waals surface area contributed by atoms with E-state index >= 15 is 0 Å². The molecule has 0 saturated carbocycles. The van der Waals surface area contributed by atoms with E-state index in [4.69, 9.17) is 23.2 Å². The first-order valence-corrected chi connectivity index (χ1v) is 9.98. The molecule has 3 aromatic rings. The van der Waals surface area contributed by atoms with Crippen LogP contribution in [0.5, 0.6) is 0 Å². The van der Waals surface area contributed by atoms with Crippen molar-refractivity contribution in [2.75, 3.05) is 0 Å². The summed E-state index contributed by atoms with van der Waals surface area (Å²) in [7, 11) is -3.84. The molecule has 0 atom stereocenters. The molecule has 1 aromatic heterocycles. The highest BCUT2D eigenvalue weighted by molar-refractivity contribution is 7.89. The highest BCUT2D eigenvalue weighted by Crippen LogP contribution is 2.21. The van der Waals surface area contributed by atoms with Crippen LogP contribution in [-0.4, -0.2) is 18.9 Å². The fraction of sp³-hybridized carbons (Fsp3) is 0.0588. The van der Waals surface area contributed by atoms with Crippen LogP contribution in [0.3, 0.4) is 0 Å².